The van der Waals surface area contributed by atoms with Gasteiger partial charge in [-0.3, -0.25) is 0 Å². The SMILES string of the molecule is O=c1oc2c3ccc(Br)cc3[nH]c2c2ccccc12. The van der Waals surface area contributed by atoms with E-state index < -0.39 is 0 Å². The number of H-pyrrole nitrogens is 1. The van der Waals surface area contributed by atoms with E-state index in [1.54, 1.807) is 6.07 Å². The molecule has 1 N–H and O–H groups in total. The first kappa shape index (κ1) is 10.8. The molecule has 2 aromatic carbocycles. The molecule has 0 saturated heterocycles. The second-order valence-corrected chi connectivity index (χ2v) is 5.37. The Bertz CT molecular complexity index is 997. The van der Waals surface area contributed by atoms with Crippen LogP contribution in [0.1, 0.15) is 0 Å². The third kappa shape index (κ3) is 1.47. The molecule has 4 rings (SSSR count). The fourth-order valence-electron chi connectivity index (χ4n) is 2.47. The van der Waals surface area contributed by atoms with Crippen LogP contribution in [0.15, 0.2) is 56.1 Å². The van der Waals surface area contributed by atoms with Gasteiger partial charge in [0.1, 0.15) is 0 Å². The second kappa shape index (κ2) is 3.71. The van der Waals surface area contributed by atoms with Crippen molar-refractivity contribution in [3.8, 4) is 0 Å². The van der Waals surface area contributed by atoms with Crippen molar-refractivity contribution in [2.24, 2.45) is 0 Å². The summed E-state index contributed by atoms with van der Waals surface area (Å²) in [6.07, 6.45) is 0. The first-order valence-electron chi connectivity index (χ1n) is 5.87. The van der Waals surface area contributed by atoms with Gasteiger partial charge in [0, 0.05) is 15.2 Å². The minimum atomic E-state index is -0.299. The lowest BCUT2D eigenvalue weighted by atomic mass is 10.1. The normalized spacial score (nSPS) is 11.6. The Morgan fingerprint density at radius 1 is 1.00 bits per heavy atom. The van der Waals surface area contributed by atoms with Gasteiger partial charge in [-0.2, -0.15) is 0 Å². The molecule has 0 amide bonds. The predicted octanol–water partition coefficient (Wildman–Crippen LogP) is 4.19. The van der Waals surface area contributed by atoms with Crippen LogP contribution in [0.25, 0.3) is 32.8 Å². The van der Waals surface area contributed by atoms with Gasteiger partial charge in [0.2, 0.25) is 0 Å². The van der Waals surface area contributed by atoms with Crippen LogP contribution in [0.5, 0.6) is 0 Å². The molecule has 0 aliphatic carbocycles. The average Bonchev–Trinajstić information content (AvgIpc) is 2.77. The molecular weight excluding hydrogens is 306 g/mol. The predicted molar refractivity (Wildman–Crippen MR) is 79.5 cm³/mol. The van der Waals surface area contributed by atoms with E-state index in [1.165, 1.54) is 0 Å². The molecule has 2 aromatic heterocycles. The first-order chi connectivity index (χ1) is 9.24. The van der Waals surface area contributed by atoms with Gasteiger partial charge in [0.15, 0.2) is 5.58 Å². The van der Waals surface area contributed by atoms with Crippen molar-refractivity contribution >= 4 is 48.7 Å². The third-order valence-electron chi connectivity index (χ3n) is 3.32. The Morgan fingerprint density at radius 3 is 2.63 bits per heavy atom. The summed E-state index contributed by atoms with van der Waals surface area (Å²) in [5.74, 6) is 0. The number of aromatic amines is 1. The Morgan fingerprint density at radius 2 is 1.79 bits per heavy atom. The lowest BCUT2D eigenvalue weighted by Crippen LogP contribution is -1.98. The highest BCUT2D eigenvalue weighted by molar-refractivity contribution is 9.10. The molecular formula is C15H8BrNO2. The summed E-state index contributed by atoms with van der Waals surface area (Å²) in [6.45, 7) is 0. The van der Waals surface area contributed by atoms with Crippen molar-refractivity contribution < 1.29 is 4.42 Å². The molecule has 0 fully saturated rings. The van der Waals surface area contributed by atoms with Gasteiger partial charge in [-0.05, 0) is 24.3 Å². The zero-order chi connectivity index (χ0) is 13.0. The Labute approximate surface area is 116 Å². The molecule has 0 unspecified atom stereocenters. The topological polar surface area (TPSA) is 46.0 Å². The van der Waals surface area contributed by atoms with Gasteiger partial charge in [-0.1, -0.05) is 34.1 Å². The molecule has 4 heteroatoms. The molecule has 3 nitrogen and oxygen atoms in total. The Hall–Kier alpha value is -2.07. The average molecular weight is 314 g/mol. The number of halogens is 1. The van der Waals surface area contributed by atoms with E-state index in [1.807, 2.05) is 36.4 Å². The van der Waals surface area contributed by atoms with Gasteiger partial charge in [-0.25, -0.2) is 4.79 Å². The van der Waals surface area contributed by atoms with Gasteiger partial charge >= 0.3 is 5.63 Å². The summed E-state index contributed by atoms with van der Waals surface area (Å²) in [4.78, 5) is 15.3. The summed E-state index contributed by atoms with van der Waals surface area (Å²) in [7, 11) is 0. The summed E-state index contributed by atoms with van der Waals surface area (Å²) in [5, 5.41) is 2.41. The van der Waals surface area contributed by atoms with Crippen molar-refractivity contribution in [3.63, 3.8) is 0 Å². The summed E-state index contributed by atoms with van der Waals surface area (Å²) >= 11 is 3.44. The fourth-order valence-corrected chi connectivity index (χ4v) is 2.83. The molecule has 92 valence electrons. The highest BCUT2D eigenvalue weighted by atomic mass is 79.9. The number of benzene rings is 2. The highest BCUT2D eigenvalue weighted by Gasteiger charge is 2.12. The van der Waals surface area contributed by atoms with Crippen LogP contribution in [0.2, 0.25) is 0 Å². The van der Waals surface area contributed by atoms with Crippen molar-refractivity contribution in [1.29, 1.82) is 0 Å². The van der Waals surface area contributed by atoms with E-state index in [9.17, 15) is 4.79 Å². The van der Waals surface area contributed by atoms with Crippen LogP contribution in [-0.2, 0) is 0 Å². The van der Waals surface area contributed by atoms with Gasteiger partial charge < -0.3 is 9.40 Å². The first-order valence-corrected chi connectivity index (χ1v) is 6.66. The Kier molecular flexibility index (Phi) is 2.11. The largest absolute Gasteiger partial charge is 0.420 e. The molecule has 0 bridgehead atoms. The van der Waals surface area contributed by atoms with Crippen LogP contribution in [-0.4, -0.2) is 4.98 Å². The van der Waals surface area contributed by atoms with Crippen molar-refractivity contribution in [2.45, 2.75) is 0 Å². The number of nitrogens with one attached hydrogen (secondary N) is 1. The molecule has 0 aliphatic heterocycles. The Balaban J connectivity index is 2.35. The molecule has 19 heavy (non-hydrogen) atoms. The van der Waals surface area contributed by atoms with Crippen LogP contribution in [0.4, 0.5) is 0 Å². The molecule has 0 spiro atoms. The van der Waals surface area contributed by atoms with Gasteiger partial charge in [0.25, 0.3) is 0 Å². The van der Waals surface area contributed by atoms with Crippen LogP contribution in [0.3, 0.4) is 0 Å². The van der Waals surface area contributed by atoms with E-state index in [0.29, 0.717) is 11.0 Å². The fraction of sp³-hybridized carbons (Fsp3) is 0. The number of aromatic nitrogens is 1. The quantitative estimate of drug-likeness (QED) is 0.529. The molecule has 0 aliphatic rings. The lowest BCUT2D eigenvalue weighted by molar-refractivity contribution is 0.573. The van der Waals surface area contributed by atoms with Gasteiger partial charge in [-0.15, -0.1) is 0 Å². The highest BCUT2D eigenvalue weighted by Crippen LogP contribution is 2.30. The minimum absolute atomic E-state index is 0.299. The van der Waals surface area contributed by atoms with Crippen LogP contribution < -0.4 is 5.63 Å². The molecule has 0 atom stereocenters. The smallest absolute Gasteiger partial charge is 0.344 e. The number of hydrogen-bond donors (Lipinski definition) is 1. The maximum absolute atomic E-state index is 12.0. The molecule has 0 saturated carbocycles. The monoisotopic (exact) mass is 313 g/mol. The van der Waals surface area contributed by atoms with E-state index in [0.717, 1.165) is 26.3 Å². The standard InChI is InChI=1S/C15H8BrNO2/c16-8-5-6-11-12(7-8)17-13-9-3-1-2-4-10(9)15(18)19-14(11)13/h1-7,17H. The summed E-state index contributed by atoms with van der Waals surface area (Å²) in [6, 6.07) is 13.3. The number of hydrogen-bond acceptors (Lipinski definition) is 2. The van der Waals surface area contributed by atoms with E-state index in [4.69, 9.17) is 4.42 Å². The maximum atomic E-state index is 12.0. The lowest BCUT2D eigenvalue weighted by Gasteiger charge is -1.97. The molecule has 4 aromatic rings. The number of rotatable bonds is 0. The minimum Gasteiger partial charge on any atom is -0.420 e. The van der Waals surface area contributed by atoms with Gasteiger partial charge in [0.05, 0.1) is 16.4 Å². The second-order valence-electron chi connectivity index (χ2n) is 4.45. The molecule has 0 radical (unpaired) electrons. The summed E-state index contributed by atoms with van der Waals surface area (Å²) < 4.78 is 6.45. The van der Waals surface area contributed by atoms with E-state index in [2.05, 4.69) is 20.9 Å². The molecule has 2 heterocycles. The van der Waals surface area contributed by atoms with E-state index in [-0.39, 0.29) is 5.63 Å². The van der Waals surface area contributed by atoms with Crippen molar-refractivity contribution in [3.05, 3.63) is 57.4 Å². The van der Waals surface area contributed by atoms with Crippen LogP contribution >= 0.6 is 15.9 Å². The number of fused-ring (bicyclic) bond motifs is 5. The van der Waals surface area contributed by atoms with E-state index >= 15 is 0 Å². The summed E-state index contributed by atoms with van der Waals surface area (Å²) in [5.41, 5.74) is 2.13. The van der Waals surface area contributed by atoms with Crippen molar-refractivity contribution in [1.82, 2.24) is 4.98 Å². The maximum Gasteiger partial charge on any atom is 0.344 e. The van der Waals surface area contributed by atoms with Crippen LogP contribution in [0, 0.1) is 0 Å². The van der Waals surface area contributed by atoms with Crippen molar-refractivity contribution in [2.75, 3.05) is 0 Å². The zero-order valence-corrected chi connectivity index (χ0v) is 11.3. The third-order valence-corrected chi connectivity index (χ3v) is 3.82. The zero-order valence-electron chi connectivity index (χ0n) is 9.74.